The standard InChI is InChI=1S/C38H30N4O6/c43-41(44)33-15-23-37(24-16-33)47-35-19-11-31(12-20-35)39(29-7-3-1-4-8-29)27-28-40(30-9-5-2-6-10-30)32-13-21-36(22-14-32)48-38-25-17-34(18-26-38)42(45)46/h1-26H,27-28H2. The molecule has 10 heteroatoms. The maximum Gasteiger partial charge on any atom is 0.269 e. The third-order valence-electron chi connectivity index (χ3n) is 7.55. The number of nitrogens with zero attached hydrogens (tertiary/aromatic N) is 4. The molecule has 48 heavy (non-hydrogen) atoms. The zero-order valence-corrected chi connectivity index (χ0v) is 25.7. The number of ether oxygens (including phenoxy) is 2. The molecular weight excluding hydrogens is 608 g/mol. The van der Waals surface area contributed by atoms with Crippen molar-refractivity contribution in [2.45, 2.75) is 0 Å². The highest BCUT2D eigenvalue weighted by Crippen LogP contribution is 2.33. The van der Waals surface area contributed by atoms with E-state index in [-0.39, 0.29) is 11.4 Å². The highest BCUT2D eigenvalue weighted by atomic mass is 16.6. The van der Waals surface area contributed by atoms with E-state index >= 15 is 0 Å². The van der Waals surface area contributed by atoms with Gasteiger partial charge in [0.25, 0.3) is 11.4 Å². The van der Waals surface area contributed by atoms with E-state index in [4.69, 9.17) is 9.47 Å². The molecule has 6 aromatic rings. The van der Waals surface area contributed by atoms with E-state index in [1.54, 1.807) is 24.3 Å². The van der Waals surface area contributed by atoms with Crippen LogP contribution in [0.5, 0.6) is 23.0 Å². The Kier molecular flexibility index (Phi) is 9.53. The number of hydrogen-bond donors (Lipinski definition) is 0. The van der Waals surface area contributed by atoms with Gasteiger partial charge in [-0.1, -0.05) is 36.4 Å². The van der Waals surface area contributed by atoms with E-state index in [0.29, 0.717) is 36.1 Å². The number of non-ortho nitro benzene ring substituents is 2. The van der Waals surface area contributed by atoms with Crippen molar-refractivity contribution in [1.82, 2.24) is 0 Å². The van der Waals surface area contributed by atoms with Gasteiger partial charge in [0.05, 0.1) is 9.85 Å². The number of nitro benzene ring substituents is 2. The zero-order chi connectivity index (χ0) is 33.3. The van der Waals surface area contributed by atoms with Gasteiger partial charge in [0.1, 0.15) is 23.0 Å². The zero-order valence-electron chi connectivity index (χ0n) is 25.7. The predicted octanol–water partition coefficient (Wildman–Crippen LogP) is 10.1. The van der Waals surface area contributed by atoms with Crippen molar-refractivity contribution >= 4 is 34.1 Å². The maximum absolute atomic E-state index is 11.0. The Morgan fingerprint density at radius 2 is 0.667 bits per heavy atom. The van der Waals surface area contributed by atoms with Crippen LogP contribution in [0.25, 0.3) is 0 Å². The number of rotatable bonds is 13. The molecule has 0 bridgehead atoms. The molecule has 0 unspecified atom stereocenters. The highest BCUT2D eigenvalue weighted by molar-refractivity contribution is 5.67. The number of benzene rings is 6. The van der Waals surface area contributed by atoms with Gasteiger partial charge in [0.15, 0.2) is 0 Å². The summed E-state index contributed by atoms with van der Waals surface area (Å²) in [5, 5.41) is 22.0. The van der Waals surface area contributed by atoms with Crippen LogP contribution in [-0.2, 0) is 0 Å². The molecule has 0 fully saturated rings. The van der Waals surface area contributed by atoms with Crippen molar-refractivity contribution in [3.8, 4) is 23.0 Å². The van der Waals surface area contributed by atoms with Gasteiger partial charge in [0.2, 0.25) is 0 Å². The molecule has 0 N–H and O–H groups in total. The fraction of sp³-hybridized carbons (Fsp3) is 0.0526. The quantitative estimate of drug-likeness (QED) is 0.0908. The van der Waals surface area contributed by atoms with Crippen LogP contribution in [0.2, 0.25) is 0 Å². The second-order valence-electron chi connectivity index (χ2n) is 10.7. The molecular formula is C38H30N4O6. The molecule has 10 nitrogen and oxygen atoms in total. The number of hydrogen-bond acceptors (Lipinski definition) is 8. The van der Waals surface area contributed by atoms with Crippen molar-refractivity contribution < 1.29 is 19.3 Å². The fourth-order valence-corrected chi connectivity index (χ4v) is 5.16. The van der Waals surface area contributed by atoms with Crippen molar-refractivity contribution in [2.75, 3.05) is 22.9 Å². The van der Waals surface area contributed by atoms with Crippen LogP contribution in [0, 0.1) is 20.2 Å². The second kappa shape index (κ2) is 14.6. The van der Waals surface area contributed by atoms with Gasteiger partial charge in [-0.3, -0.25) is 20.2 Å². The van der Waals surface area contributed by atoms with Gasteiger partial charge >= 0.3 is 0 Å². The summed E-state index contributed by atoms with van der Waals surface area (Å²) in [4.78, 5) is 25.5. The Morgan fingerprint density at radius 1 is 0.396 bits per heavy atom. The van der Waals surface area contributed by atoms with E-state index in [2.05, 4.69) is 34.1 Å². The van der Waals surface area contributed by atoms with Crippen LogP contribution >= 0.6 is 0 Å². The summed E-state index contributed by atoms with van der Waals surface area (Å²) in [6, 6.07) is 47.7. The molecule has 0 aliphatic rings. The first-order chi connectivity index (χ1) is 23.4. The summed E-state index contributed by atoms with van der Waals surface area (Å²) >= 11 is 0. The van der Waals surface area contributed by atoms with Gasteiger partial charge in [-0.05, 0) is 97.1 Å². The first-order valence-corrected chi connectivity index (χ1v) is 15.1. The largest absolute Gasteiger partial charge is 0.457 e. The number of nitro groups is 2. The maximum atomic E-state index is 11.0. The van der Waals surface area contributed by atoms with E-state index in [1.807, 2.05) is 84.9 Å². The summed E-state index contributed by atoms with van der Waals surface area (Å²) in [5.74, 6) is 2.25. The summed E-state index contributed by atoms with van der Waals surface area (Å²) in [6.45, 7) is 1.28. The van der Waals surface area contributed by atoms with Gasteiger partial charge in [0, 0.05) is 60.1 Å². The van der Waals surface area contributed by atoms with Crippen LogP contribution in [0.15, 0.2) is 158 Å². The van der Waals surface area contributed by atoms with Crippen molar-refractivity contribution in [2.24, 2.45) is 0 Å². The lowest BCUT2D eigenvalue weighted by Gasteiger charge is -2.31. The normalized spacial score (nSPS) is 10.6. The average molecular weight is 639 g/mol. The molecule has 0 amide bonds. The van der Waals surface area contributed by atoms with E-state index in [9.17, 15) is 20.2 Å². The van der Waals surface area contributed by atoms with Crippen LogP contribution in [0.4, 0.5) is 34.1 Å². The fourth-order valence-electron chi connectivity index (χ4n) is 5.16. The molecule has 6 rings (SSSR count). The molecule has 238 valence electrons. The summed E-state index contributed by atoms with van der Waals surface area (Å²) in [5.41, 5.74) is 4.01. The van der Waals surface area contributed by atoms with E-state index in [1.165, 1.54) is 24.3 Å². The molecule has 0 atom stereocenters. The van der Waals surface area contributed by atoms with Crippen LogP contribution in [0.1, 0.15) is 0 Å². The third-order valence-corrected chi connectivity index (χ3v) is 7.55. The molecule has 0 saturated heterocycles. The van der Waals surface area contributed by atoms with Crippen molar-refractivity contribution in [3.63, 3.8) is 0 Å². The Labute approximate surface area is 276 Å². The first kappa shape index (κ1) is 31.3. The SMILES string of the molecule is O=[N+]([O-])c1ccc(Oc2ccc(N(CCN(c3ccccc3)c3ccc(Oc4ccc([N+](=O)[O-])cc4)cc3)c3ccccc3)cc2)cc1. The van der Waals surface area contributed by atoms with Crippen molar-refractivity contribution in [3.05, 3.63) is 178 Å². The predicted molar refractivity (Wildman–Crippen MR) is 186 cm³/mol. The Hall–Kier alpha value is -6.68. The van der Waals surface area contributed by atoms with Crippen LogP contribution < -0.4 is 19.3 Å². The minimum atomic E-state index is -0.441. The molecule has 0 aromatic heterocycles. The van der Waals surface area contributed by atoms with Gasteiger partial charge in [-0.15, -0.1) is 0 Å². The Bertz CT molecular complexity index is 1810. The Balaban J connectivity index is 1.21. The monoisotopic (exact) mass is 638 g/mol. The topological polar surface area (TPSA) is 111 Å². The molecule has 6 aromatic carbocycles. The smallest absolute Gasteiger partial charge is 0.269 e. The minimum Gasteiger partial charge on any atom is -0.457 e. The van der Waals surface area contributed by atoms with Gasteiger partial charge in [-0.2, -0.15) is 0 Å². The molecule has 0 radical (unpaired) electrons. The number of para-hydroxylation sites is 2. The summed E-state index contributed by atoms with van der Waals surface area (Å²) < 4.78 is 11.9. The van der Waals surface area contributed by atoms with E-state index in [0.717, 1.165) is 22.7 Å². The Morgan fingerprint density at radius 3 is 0.958 bits per heavy atom. The molecule has 0 saturated carbocycles. The summed E-state index contributed by atoms with van der Waals surface area (Å²) in [6.07, 6.45) is 0. The lowest BCUT2D eigenvalue weighted by Crippen LogP contribution is -2.30. The third kappa shape index (κ3) is 7.75. The first-order valence-electron chi connectivity index (χ1n) is 15.1. The van der Waals surface area contributed by atoms with Crippen LogP contribution in [-0.4, -0.2) is 22.9 Å². The van der Waals surface area contributed by atoms with Gasteiger partial charge < -0.3 is 19.3 Å². The highest BCUT2D eigenvalue weighted by Gasteiger charge is 2.16. The van der Waals surface area contributed by atoms with Crippen molar-refractivity contribution in [1.29, 1.82) is 0 Å². The second-order valence-corrected chi connectivity index (χ2v) is 10.7. The minimum absolute atomic E-state index is 0.00673. The molecule has 0 spiro atoms. The van der Waals surface area contributed by atoms with E-state index < -0.39 is 9.85 Å². The number of anilines is 4. The average Bonchev–Trinajstić information content (AvgIpc) is 3.12. The molecule has 0 aliphatic carbocycles. The van der Waals surface area contributed by atoms with Gasteiger partial charge in [-0.25, -0.2) is 0 Å². The summed E-state index contributed by atoms with van der Waals surface area (Å²) in [7, 11) is 0. The molecule has 0 heterocycles. The lowest BCUT2D eigenvalue weighted by atomic mass is 10.2. The molecule has 0 aliphatic heterocycles. The van der Waals surface area contributed by atoms with Crippen LogP contribution in [0.3, 0.4) is 0 Å². The lowest BCUT2D eigenvalue weighted by molar-refractivity contribution is -0.385.